The summed E-state index contributed by atoms with van der Waals surface area (Å²) in [5.74, 6) is -0.190. The van der Waals surface area contributed by atoms with Gasteiger partial charge in [-0.05, 0) is 63.5 Å². The molecule has 0 bridgehead atoms. The van der Waals surface area contributed by atoms with Gasteiger partial charge in [-0.1, -0.05) is 12.1 Å². The van der Waals surface area contributed by atoms with Crippen molar-refractivity contribution in [3.05, 3.63) is 46.5 Å². The van der Waals surface area contributed by atoms with Crippen LogP contribution < -0.4 is 4.74 Å². The summed E-state index contributed by atoms with van der Waals surface area (Å²) in [6, 6.07) is 9.26. The molecule has 28 heavy (non-hydrogen) atoms. The van der Waals surface area contributed by atoms with E-state index < -0.39 is 5.91 Å². The van der Waals surface area contributed by atoms with Gasteiger partial charge in [0.2, 0.25) is 0 Å². The van der Waals surface area contributed by atoms with Crippen molar-refractivity contribution in [1.29, 1.82) is 5.26 Å². The van der Waals surface area contributed by atoms with E-state index in [0.29, 0.717) is 30.8 Å². The van der Waals surface area contributed by atoms with Crippen molar-refractivity contribution in [2.75, 3.05) is 19.8 Å². The number of benzene rings is 1. The van der Waals surface area contributed by atoms with Gasteiger partial charge in [-0.15, -0.1) is 0 Å². The molecule has 0 N–H and O–H groups in total. The van der Waals surface area contributed by atoms with Gasteiger partial charge in [0.25, 0.3) is 11.8 Å². The van der Waals surface area contributed by atoms with Crippen LogP contribution in [0.3, 0.4) is 0 Å². The quantitative estimate of drug-likeness (QED) is 0.391. The second-order valence-electron chi connectivity index (χ2n) is 6.71. The minimum absolute atomic E-state index is 0.00145. The summed E-state index contributed by atoms with van der Waals surface area (Å²) in [6.45, 7) is 8.62. The lowest BCUT2D eigenvalue weighted by molar-refractivity contribution is -0.140. The lowest BCUT2D eigenvalue weighted by Crippen LogP contribution is -2.43. The Morgan fingerprint density at radius 3 is 2.43 bits per heavy atom. The molecule has 6 nitrogen and oxygen atoms in total. The van der Waals surface area contributed by atoms with Crippen LogP contribution in [0.1, 0.15) is 39.7 Å². The van der Waals surface area contributed by atoms with Crippen molar-refractivity contribution in [1.82, 2.24) is 4.90 Å². The normalized spacial score (nSPS) is 16.1. The summed E-state index contributed by atoms with van der Waals surface area (Å²) in [6.07, 6.45) is 2.30. The Kier molecular flexibility index (Phi) is 7.53. The van der Waals surface area contributed by atoms with E-state index in [1.807, 2.05) is 51.1 Å². The molecule has 1 aromatic rings. The van der Waals surface area contributed by atoms with Crippen LogP contribution >= 0.6 is 0 Å². The second-order valence-corrected chi connectivity index (χ2v) is 6.71. The minimum atomic E-state index is -0.543. The Balaban J connectivity index is 2.28. The summed E-state index contributed by atoms with van der Waals surface area (Å²) < 4.78 is 10.9. The van der Waals surface area contributed by atoms with Crippen molar-refractivity contribution in [2.45, 2.75) is 40.2 Å². The zero-order chi connectivity index (χ0) is 20.7. The first-order valence-corrected chi connectivity index (χ1v) is 9.42. The second kappa shape index (κ2) is 9.86. The van der Waals surface area contributed by atoms with Gasteiger partial charge in [0.05, 0.1) is 12.7 Å². The number of nitriles is 1. The van der Waals surface area contributed by atoms with E-state index >= 15 is 0 Å². The van der Waals surface area contributed by atoms with Crippen LogP contribution in [0.5, 0.6) is 5.75 Å². The minimum Gasteiger partial charge on any atom is -0.494 e. The molecule has 0 aromatic heterocycles. The average molecular weight is 382 g/mol. The summed E-state index contributed by atoms with van der Waals surface area (Å²) in [5, 5.41) is 9.42. The predicted molar refractivity (Wildman–Crippen MR) is 106 cm³/mol. The summed E-state index contributed by atoms with van der Waals surface area (Å²) >= 11 is 0. The van der Waals surface area contributed by atoms with Crippen molar-refractivity contribution in [3.8, 4) is 11.8 Å². The molecule has 2 amide bonds. The van der Waals surface area contributed by atoms with Crippen molar-refractivity contribution < 1.29 is 19.1 Å². The third-order valence-corrected chi connectivity index (χ3v) is 4.30. The van der Waals surface area contributed by atoms with Crippen LogP contribution in [-0.2, 0) is 14.3 Å². The number of ether oxygens (including phenoxy) is 2. The van der Waals surface area contributed by atoms with Crippen LogP contribution in [0.2, 0.25) is 0 Å². The molecule has 6 heteroatoms. The first-order chi connectivity index (χ1) is 13.4. The zero-order valence-corrected chi connectivity index (χ0v) is 16.8. The summed E-state index contributed by atoms with van der Waals surface area (Å²) in [5.41, 5.74) is 1.55. The number of amides is 2. The Morgan fingerprint density at radius 1 is 1.18 bits per heavy atom. The number of imide groups is 1. The van der Waals surface area contributed by atoms with Crippen molar-refractivity contribution >= 4 is 17.9 Å². The van der Waals surface area contributed by atoms with Gasteiger partial charge in [-0.3, -0.25) is 14.5 Å². The van der Waals surface area contributed by atoms with Crippen molar-refractivity contribution in [2.24, 2.45) is 0 Å². The van der Waals surface area contributed by atoms with Gasteiger partial charge in [-0.25, -0.2) is 0 Å². The molecular formula is C22H26N2O4. The highest BCUT2D eigenvalue weighted by Gasteiger charge is 2.35. The molecule has 2 rings (SSSR count). The molecule has 0 spiro atoms. The third kappa shape index (κ3) is 5.08. The molecule has 1 aliphatic rings. The van der Waals surface area contributed by atoms with E-state index in [0.717, 1.165) is 16.2 Å². The van der Waals surface area contributed by atoms with Crippen LogP contribution in [0.25, 0.3) is 6.08 Å². The van der Waals surface area contributed by atoms with Gasteiger partial charge in [0.1, 0.15) is 17.4 Å². The van der Waals surface area contributed by atoms with Crippen LogP contribution in [0.15, 0.2) is 41.0 Å². The Labute approximate surface area is 166 Å². The number of nitrogens with zero attached hydrogens (tertiary/aromatic N) is 2. The standard InChI is InChI=1S/C22H26N2O4/c1-5-27-18-9-7-17(8-10-18)13-19-16(4)20(14-23)22(26)24(21(19)25)11-6-12-28-15(2)3/h7-10,13,15H,5-6,11-12H2,1-4H3/b19-13+. The van der Waals surface area contributed by atoms with Crippen LogP contribution in [0, 0.1) is 11.3 Å². The Bertz CT molecular complexity index is 829. The highest BCUT2D eigenvalue weighted by atomic mass is 16.5. The maximum Gasteiger partial charge on any atom is 0.271 e. The smallest absolute Gasteiger partial charge is 0.271 e. The maximum absolute atomic E-state index is 12.9. The molecule has 0 aliphatic carbocycles. The van der Waals surface area contributed by atoms with E-state index in [1.165, 1.54) is 0 Å². The molecule has 1 aromatic carbocycles. The van der Waals surface area contributed by atoms with Gasteiger partial charge >= 0.3 is 0 Å². The molecule has 0 saturated carbocycles. The Hall–Kier alpha value is -2.91. The fourth-order valence-corrected chi connectivity index (χ4v) is 2.87. The number of hydrogen-bond donors (Lipinski definition) is 0. The van der Waals surface area contributed by atoms with Gasteiger partial charge in [0, 0.05) is 18.7 Å². The molecule has 0 unspecified atom stereocenters. The van der Waals surface area contributed by atoms with E-state index in [1.54, 1.807) is 13.0 Å². The third-order valence-electron chi connectivity index (χ3n) is 4.30. The first-order valence-electron chi connectivity index (χ1n) is 9.42. The Morgan fingerprint density at radius 2 is 1.86 bits per heavy atom. The number of rotatable bonds is 8. The lowest BCUT2D eigenvalue weighted by Gasteiger charge is -2.27. The van der Waals surface area contributed by atoms with Crippen molar-refractivity contribution in [3.63, 3.8) is 0 Å². The molecule has 0 saturated heterocycles. The average Bonchev–Trinajstić information content (AvgIpc) is 2.66. The SMILES string of the molecule is CCOc1ccc(/C=C2/C(=O)N(CCCOC(C)C)C(=O)C(C#N)=C2C)cc1. The molecule has 1 aliphatic heterocycles. The van der Waals surface area contributed by atoms with Gasteiger partial charge in [0.15, 0.2) is 0 Å². The van der Waals surface area contributed by atoms with E-state index in [9.17, 15) is 14.9 Å². The van der Waals surface area contributed by atoms with Crippen LogP contribution in [-0.4, -0.2) is 42.6 Å². The highest BCUT2D eigenvalue weighted by Crippen LogP contribution is 2.27. The highest BCUT2D eigenvalue weighted by molar-refractivity contribution is 6.19. The van der Waals surface area contributed by atoms with Crippen LogP contribution in [0.4, 0.5) is 0 Å². The summed E-state index contributed by atoms with van der Waals surface area (Å²) in [7, 11) is 0. The fourth-order valence-electron chi connectivity index (χ4n) is 2.87. The number of carbonyl (C=O) groups excluding carboxylic acids is 2. The van der Waals surface area contributed by atoms with Gasteiger partial charge in [-0.2, -0.15) is 5.26 Å². The monoisotopic (exact) mass is 382 g/mol. The largest absolute Gasteiger partial charge is 0.494 e. The van der Waals surface area contributed by atoms with E-state index in [-0.39, 0.29) is 24.1 Å². The molecule has 0 fully saturated rings. The van der Waals surface area contributed by atoms with E-state index in [2.05, 4.69) is 0 Å². The molecular weight excluding hydrogens is 356 g/mol. The molecule has 0 atom stereocenters. The zero-order valence-electron chi connectivity index (χ0n) is 16.8. The lowest BCUT2D eigenvalue weighted by atomic mass is 9.93. The van der Waals surface area contributed by atoms with Gasteiger partial charge < -0.3 is 9.47 Å². The predicted octanol–water partition coefficient (Wildman–Crippen LogP) is 3.49. The molecule has 1 heterocycles. The van der Waals surface area contributed by atoms with E-state index in [4.69, 9.17) is 9.47 Å². The number of carbonyl (C=O) groups is 2. The topological polar surface area (TPSA) is 79.6 Å². The molecule has 0 radical (unpaired) electrons. The fraction of sp³-hybridized carbons (Fsp3) is 0.409. The first kappa shape index (κ1) is 21.4. The number of hydrogen-bond acceptors (Lipinski definition) is 5. The summed E-state index contributed by atoms with van der Waals surface area (Å²) in [4.78, 5) is 26.6. The maximum atomic E-state index is 12.9. The molecule has 148 valence electrons.